The first-order chi connectivity index (χ1) is 7.56. The van der Waals surface area contributed by atoms with Crippen molar-refractivity contribution < 1.29 is 0 Å². The summed E-state index contributed by atoms with van der Waals surface area (Å²) in [4.78, 5) is 2.64. The molecule has 0 radical (unpaired) electrons. The van der Waals surface area contributed by atoms with E-state index in [1.165, 1.54) is 19.5 Å². The third-order valence-corrected chi connectivity index (χ3v) is 3.49. The van der Waals surface area contributed by atoms with Gasteiger partial charge in [-0.1, -0.05) is 48.0 Å². The highest BCUT2D eigenvalue weighted by Gasteiger charge is 2.21. The van der Waals surface area contributed by atoms with Gasteiger partial charge in [0.25, 0.3) is 0 Å². The van der Waals surface area contributed by atoms with Crippen LogP contribution in [0.15, 0.2) is 0 Å². The Kier molecular flexibility index (Phi) is 8.96. The highest BCUT2D eigenvalue weighted by atomic mass is 15.2. The van der Waals surface area contributed by atoms with E-state index in [2.05, 4.69) is 51.8 Å². The number of likely N-dealkylation sites (N-methyl/N-ethyl adjacent to an activating group) is 2. The highest BCUT2D eigenvalue weighted by Crippen LogP contribution is 2.13. The smallest absolute Gasteiger partial charge is 0.0243 e. The van der Waals surface area contributed by atoms with Crippen molar-refractivity contribution in [1.29, 1.82) is 0 Å². The van der Waals surface area contributed by atoms with Crippen LogP contribution in [0.3, 0.4) is 0 Å². The Balaban J connectivity index is 4.32. The van der Waals surface area contributed by atoms with Gasteiger partial charge in [-0.15, -0.1) is 0 Å². The largest absolute Gasteiger partial charge is 0.315 e. The summed E-state index contributed by atoms with van der Waals surface area (Å²) in [5.74, 6) is 1.53. The summed E-state index contributed by atoms with van der Waals surface area (Å²) in [6, 6.07) is 0.680. The predicted molar refractivity (Wildman–Crippen MR) is 73.9 cm³/mol. The van der Waals surface area contributed by atoms with Gasteiger partial charge in [0.15, 0.2) is 0 Å². The van der Waals surface area contributed by atoms with E-state index in [1.54, 1.807) is 0 Å². The topological polar surface area (TPSA) is 15.3 Å². The lowest BCUT2D eigenvalue weighted by Gasteiger charge is -2.35. The molecule has 16 heavy (non-hydrogen) atoms. The van der Waals surface area contributed by atoms with Crippen LogP contribution in [0.5, 0.6) is 0 Å². The van der Waals surface area contributed by atoms with Gasteiger partial charge in [0, 0.05) is 19.1 Å². The Labute approximate surface area is 103 Å². The number of rotatable bonds is 9. The zero-order valence-corrected chi connectivity index (χ0v) is 12.2. The molecule has 0 rings (SSSR count). The molecule has 0 aromatic rings. The molecule has 0 bridgehead atoms. The number of hydrogen-bond donors (Lipinski definition) is 1. The molecule has 2 heteroatoms. The van der Waals surface area contributed by atoms with Crippen LogP contribution in [0.1, 0.15) is 48.0 Å². The molecule has 0 fully saturated rings. The van der Waals surface area contributed by atoms with Gasteiger partial charge in [-0.05, 0) is 24.9 Å². The van der Waals surface area contributed by atoms with Gasteiger partial charge in [0.2, 0.25) is 0 Å². The number of hydrogen-bond acceptors (Lipinski definition) is 2. The van der Waals surface area contributed by atoms with Crippen molar-refractivity contribution in [2.24, 2.45) is 11.8 Å². The van der Waals surface area contributed by atoms with Crippen LogP contribution in [0.4, 0.5) is 0 Å². The first kappa shape index (κ1) is 15.9. The molecule has 0 heterocycles. The molecule has 0 saturated heterocycles. The van der Waals surface area contributed by atoms with Crippen molar-refractivity contribution in [2.45, 2.75) is 54.0 Å². The van der Waals surface area contributed by atoms with E-state index in [-0.39, 0.29) is 0 Å². The maximum atomic E-state index is 3.49. The van der Waals surface area contributed by atoms with Gasteiger partial charge < -0.3 is 5.32 Å². The van der Waals surface area contributed by atoms with Crippen molar-refractivity contribution in [3.05, 3.63) is 0 Å². The van der Waals surface area contributed by atoms with Gasteiger partial charge >= 0.3 is 0 Å². The molecule has 0 saturated carbocycles. The second kappa shape index (κ2) is 9.00. The fourth-order valence-electron chi connectivity index (χ4n) is 2.11. The van der Waals surface area contributed by atoms with Gasteiger partial charge in [0.05, 0.1) is 0 Å². The first-order valence-corrected chi connectivity index (χ1v) is 7.01. The van der Waals surface area contributed by atoms with Crippen LogP contribution in [0.25, 0.3) is 0 Å². The maximum Gasteiger partial charge on any atom is 0.0243 e. The summed E-state index contributed by atoms with van der Waals surface area (Å²) in [5, 5.41) is 3.49. The molecule has 2 unspecified atom stereocenters. The zero-order chi connectivity index (χ0) is 12.6. The monoisotopic (exact) mass is 228 g/mol. The Morgan fingerprint density at radius 1 is 1.06 bits per heavy atom. The molecule has 0 spiro atoms. The third-order valence-electron chi connectivity index (χ3n) is 3.49. The van der Waals surface area contributed by atoms with Crippen molar-refractivity contribution in [2.75, 3.05) is 26.2 Å². The molecule has 1 N–H and O–H groups in total. The summed E-state index contributed by atoms with van der Waals surface area (Å²) < 4.78 is 0. The van der Waals surface area contributed by atoms with Crippen molar-refractivity contribution in [1.82, 2.24) is 10.2 Å². The SMILES string of the molecule is CCNCC(C(C)C)N(CC)CC(C)CC. The quantitative estimate of drug-likeness (QED) is 0.652. The van der Waals surface area contributed by atoms with Crippen LogP contribution in [0, 0.1) is 11.8 Å². The lowest BCUT2D eigenvalue weighted by molar-refractivity contribution is 0.138. The molecule has 0 aromatic carbocycles. The van der Waals surface area contributed by atoms with E-state index in [0.717, 1.165) is 24.9 Å². The Bertz CT molecular complexity index is 157. The highest BCUT2D eigenvalue weighted by molar-refractivity contribution is 4.77. The minimum Gasteiger partial charge on any atom is -0.315 e. The number of nitrogens with one attached hydrogen (secondary N) is 1. The summed E-state index contributed by atoms with van der Waals surface area (Å²) in [6.07, 6.45) is 1.28. The summed E-state index contributed by atoms with van der Waals surface area (Å²) in [7, 11) is 0. The summed E-state index contributed by atoms with van der Waals surface area (Å²) >= 11 is 0. The molecule has 0 aliphatic heterocycles. The van der Waals surface area contributed by atoms with E-state index < -0.39 is 0 Å². The zero-order valence-electron chi connectivity index (χ0n) is 12.2. The molecular formula is C14H32N2. The second-order valence-electron chi connectivity index (χ2n) is 5.22. The Morgan fingerprint density at radius 3 is 2.06 bits per heavy atom. The van der Waals surface area contributed by atoms with E-state index >= 15 is 0 Å². The fraction of sp³-hybridized carbons (Fsp3) is 1.00. The van der Waals surface area contributed by atoms with E-state index in [9.17, 15) is 0 Å². The lowest BCUT2D eigenvalue weighted by atomic mass is 10.00. The molecule has 98 valence electrons. The summed E-state index contributed by atoms with van der Waals surface area (Å²) in [5.41, 5.74) is 0. The molecule has 0 aliphatic rings. The van der Waals surface area contributed by atoms with Crippen LogP contribution in [-0.2, 0) is 0 Å². The van der Waals surface area contributed by atoms with E-state index in [0.29, 0.717) is 6.04 Å². The van der Waals surface area contributed by atoms with E-state index in [1.807, 2.05) is 0 Å². The average molecular weight is 228 g/mol. The number of nitrogens with zero attached hydrogens (tertiary/aromatic N) is 1. The normalized spacial score (nSPS) is 15.8. The molecule has 2 atom stereocenters. The molecule has 2 nitrogen and oxygen atoms in total. The standard InChI is InChI=1S/C14H32N2/c1-7-13(6)11-16(9-3)14(12(4)5)10-15-8-2/h12-15H,7-11H2,1-6H3. The van der Waals surface area contributed by atoms with Crippen LogP contribution in [-0.4, -0.2) is 37.1 Å². The third kappa shape index (κ3) is 5.86. The van der Waals surface area contributed by atoms with Gasteiger partial charge in [-0.25, -0.2) is 0 Å². The van der Waals surface area contributed by atoms with Crippen LogP contribution in [0.2, 0.25) is 0 Å². The van der Waals surface area contributed by atoms with Crippen molar-refractivity contribution >= 4 is 0 Å². The Morgan fingerprint density at radius 2 is 1.69 bits per heavy atom. The first-order valence-electron chi connectivity index (χ1n) is 7.01. The molecule has 0 amide bonds. The van der Waals surface area contributed by atoms with Crippen LogP contribution >= 0.6 is 0 Å². The van der Waals surface area contributed by atoms with Crippen LogP contribution < -0.4 is 5.32 Å². The second-order valence-corrected chi connectivity index (χ2v) is 5.22. The van der Waals surface area contributed by atoms with Gasteiger partial charge in [-0.3, -0.25) is 4.90 Å². The fourth-order valence-corrected chi connectivity index (χ4v) is 2.11. The minimum absolute atomic E-state index is 0.680. The molecular weight excluding hydrogens is 196 g/mol. The maximum absolute atomic E-state index is 3.49. The predicted octanol–water partition coefficient (Wildman–Crippen LogP) is 2.99. The molecule has 0 aromatic heterocycles. The van der Waals surface area contributed by atoms with Gasteiger partial charge in [-0.2, -0.15) is 0 Å². The van der Waals surface area contributed by atoms with E-state index in [4.69, 9.17) is 0 Å². The minimum atomic E-state index is 0.680. The Hall–Kier alpha value is -0.0800. The summed E-state index contributed by atoms with van der Waals surface area (Å²) in [6.45, 7) is 18.4. The van der Waals surface area contributed by atoms with Crippen molar-refractivity contribution in [3.63, 3.8) is 0 Å². The average Bonchev–Trinajstić information content (AvgIpc) is 2.27. The van der Waals surface area contributed by atoms with Gasteiger partial charge in [0.1, 0.15) is 0 Å². The lowest BCUT2D eigenvalue weighted by Crippen LogP contribution is -2.47. The van der Waals surface area contributed by atoms with Crippen molar-refractivity contribution in [3.8, 4) is 0 Å². The molecule has 0 aliphatic carbocycles.